The van der Waals surface area contributed by atoms with Crippen LogP contribution in [0, 0.1) is 11.8 Å². The zero-order valence-electron chi connectivity index (χ0n) is 6.76. The second-order valence-corrected chi connectivity index (χ2v) is 3.49. The summed E-state index contributed by atoms with van der Waals surface area (Å²) in [7, 11) is 0. The molecule has 0 bridgehead atoms. The summed E-state index contributed by atoms with van der Waals surface area (Å²) in [6.07, 6.45) is 0.384. The molecule has 2 rings (SSSR count). The van der Waals surface area contributed by atoms with E-state index in [1.165, 1.54) is 0 Å². The molecule has 4 unspecified atom stereocenters. The highest BCUT2D eigenvalue weighted by Gasteiger charge is 2.52. The van der Waals surface area contributed by atoms with E-state index in [1.807, 2.05) is 0 Å². The van der Waals surface area contributed by atoms with E-state index >= 15 is 0 Å². The van der Waals surface area contributed by atoms with Gasteiger partial charge in [-0.1, -0.05) is 0 Å². The molecule has 1 aliphatic carbocycles. The van der Waals surface area contributed by atoms with Crippen molar-refractivity contribution >= 4 is 11.9 Å². The zero-order valence-corrected chi connectivity index (χ0v) is 6.76. The first kappa shape index (κ1) is 8.50. The molecule has 1 saturated carbocycles. The third-order valence-electron chi connectivity index (χ3n) is 2.75. The van der Waals surface area contributed by atoms with Gasteiger partial charge in [-0.15, -0.1) is 0 Å². The average molecular weight is 184 g/mol. The molecule has 0 aromatic heterocycles. The molecule has 0 amide bonds. The number of fused-ring (bicyclic) bond motifs is 1. The number of epoxide rings is 1. The minimum absolute atomic E-state index is 0.0708. The second kappa shape index (κ2) is 2.70. The van der Waals surface area contributed by atoms with Crippen LogP contribution in [-0.2, 0) is 14.3 Å². The highest BCUT2D eigenvalue weighted by molar-refractivity contribution is 5.79. The first-order valence-corrected chi connectivity index (χ1v) is 4.18. The van der Waals surface area contributed by atoms with E-state index in [0.29, 0.717) is 12.8 Å². The van der Waals surface area contributed by atoms with Crippen LogP contribution in [0.5, 0.6) is 0 Å². The molecule has 2 fully saturated rings. The Morgan fingerprint density at radius 2 is 1.85 bits per heavy atom. The predicted octanol–water partition coefficient (Wildman–Crippen LogP) is -2.72. The third kappa shape index (κ3) is 1.29. The first-order chi connectivity index (χ1) is 6.11. The maximum atomic E-state index is 10.6. The van der Waals surface area contributed by atoms with Crippen molar-refractivity contribution in [2.24, 2.45) is 11.8 Å². The number of carboxylic acids is 2. The van der Waals surface area contributed by atoms with Crippen LogP contribution >= 0.6 is 0 Å². The maximum absolute atomic E-state index is 10.6. The standard InChI is InChI=1S/C8H10O5/c9-7(10)3-1-2-4-6(13-4)5(3)8(11)12/h3-6H,1-2H2,(H,9,10)(H,11,12)/p-2. The van der Waals surface area contributed by atoms with Crippen LogP contribution < -0.4 is 10.2 Å². The largest absolute Gasteiger partial charge is 0.550 e. The summed E-state index contributed by atoms with van der Waals surface area (Å²) in [5.74, 6) is -4.64. The highest BCUT2D eigenvalue weighted by atomic mass is 16.6. The topological polar surface area (TPSA) is 92.8 Å². The van der Waals surface area contributed by atoms with Crippen LogP contribution in [-0.4, -0.2) is 24.1 Å². The van der Waals surface area contributed by atoms with Crippen LogP contribution in [0.3, 0.4) is 0 Å². The lowest BCUT2D eigenvalue weighted by Crippen LogP contribution is -2.48. The van der Waals surface area contributed by atoms with Gasteiger partial charge in [0.25, 0.3) is 0 Å². The Hall–Kier alpha value is -1.10. The Bertz CT molecular complexity index is 261. The van der Waals surface area contributed by atoms with Crippen LogP contribution in [0.4, 0.5) is 0 Å². The van der Waals surface area contributed by atoms with E-state index in [9.17, 15) is 19.8 Å². The first-order valence-electron chi connectivity index (χ1n) is 4.18. The smallest absolute Gasteiger partial charge is 0.0928 e. The van der Waals surface area contributed by atoms with Crippen molar-refractivity contribution in [1.29, 1.82) is 0 Å². The third-order valence-corrected chi connectivity index (χ3v) is 2.75. The number of aliphatic carboxylic acids is 2. The molecule has 4 atom stereocenters. The molecule has 0 aromatic rings. The van der Waals surface area contributed by atoms with Crippen molar-refractivity contribution in [2.45, 2.75) is 25.0 Å². The van der Waals surface area contributed by atoms with Crippen molar-refractivity contribution in [3.05, 3.63) is 0 Å². The fraction of sp³-hybridized carbons (Fsp3) is 0.750. The number of carboxylic acid groups (broad SMARTS) is 2. The van der Waals surface area contributed by atoms with Gasteiger partial charge in [0.2, 0.25) is 0 Å². The fourth-order valence-electron chi connectivity index (χ4n) is 2.02. The van der Waals surface area contributed by atoms with Gasteiger partial charge >= 0.3 is 0 Å². The van der Waals surface area contributed by atoms with E-state index < -0.39 is 29.9 Å². The van der Waals surface area contributed by atoms with Crippen molar-refractivity contribution in [3.63, 3.8) is 0 Å². The molecule has 0 spiro atoms. The normalized spacial score (nSPS) is 42.2. The van der Waals surface area contributed by atoms with Gasteiger partial charge in [-0.2, -0.15) is 0 Å². The van der Waals surface area contributed by atoms with Crippen molar-refractivity contribution in [2.75, 3.05) is 0 Å². The van der Waals surface area contributed by atoms with Gasteiger partial charge in [-0.3, -0.25) is 0 Å². The molecule has 72 valence electrons. The molecule has 1 saturated heterocycles. The lowest BCUT2D eigenvalue weighted by Gasteiger charge is -2.30. The van der Waals surface area contributed by atoms with Crippen molar-refractivity contribution in [3.8, 4) is 0 Å². The Kier molecular flexibility index (Phi) is 1.76. The van der Waals surface area contributed by atoms with E-state index in [4.69, 9.17) is 4.74 Å². The lowest BCUT2D eigenvalue weighted by molar-refractivity contribution is -0.328. The van der Waals surface area contributed by atoms with Gasteiger partial charge in [-0.05, 0) is 12.8 Å². The van der Waals surface area contributed by atoms with Gasteiger partial charge in [-0.25, -0.2) is 0 Å². The molecule has 2 aliphatic rings. The Morgan fingerprint density at radius 1 is 1.15 bits per heavy atom. The molecule has 13 heavy (non-hydrogen) atoms. The van der Waals surface area contributed by atoms with Crippen LogP contribution in [0.25, 0.3) is 0 Å². The Morgan fingerprint density at radius 3 is 2.38 bits per heavy atom. The summed E-state index contributed by atoms with van der Waals surface area (Å²) >= 11 is 0. The van der Waals surface area contributed by atoms with E-state index in [1.54, 1.807) is 0 Å². The number of rotatable bonds is 2. The van der Waals surface area contributed by atoms with Gasteiger partial charge in [0.1, 0.15) is 0 Å². The fourth-order valence-corrected chi connectivity index (χ4v) is 2.02. The van der Waals surface area contributed by atoms with Crippen LogP contribution in [0.15, 0.2) is 0 Å². The summed E-state index contributed by atoms with van der Waals surface area (Å²) in [6.45, 7) is 0. The molecule has 5 nitrogen and oxygen atoms in total. The molecule has 0 radical (unpaired) electrons. The summed E-state index contributed by atoms with van der Waals surface area (Å²) in [5.41, 5.74) is 0. The van der Waals surface area contributed by atoms with Crippen molar-refractivity contribution in [1.82, 2.24) is 0 Å². The molecular weight excluding hydrogens is 176 g/mol. The van der Waals surface area contributed by atoms with E-state index in [2.05, 4.69) is 0 Å². The minimum atomic E-state index is -1.35. The number of ether oxygens (including phenoxy) is 1. The number of hydrogen-bond donors (Lipinski definition) is 0. The second-order valence-electron chi connectivity index (χ2n) is 3.49. The summed E-state index contributed by atoms with van der Waals surface area (Å²) < 4.78 is 5.02. The minimum Gasteiger partial charge on any atom is -0.550 e. The van der Waals surface area contributed by atoms with Gasteiger partial charge in [0, 0.05) is 23.8 Å². The zero-order chi connectivity index (χ0) is 9.59. The summed E-state index contributed by atoms with van der Waals surface area (Å²) in [5, 5.41) is 21.2. The van der Waals surface area contributed by atoms with E-state index in [0.717, 1.165) is 0 Å². The van der Waals surface area contributed by atoms with Gasteiger partial charge < -0.3 is 24.5 Å². The Labute approximate surface area is 74.3 Å². The van der Waals surface area contributed by atoms with Crippen LogP contribution in [0.1, 0.15) is 12.8 Å². The SMILES string of the molecule is O=C([O-])C1CCC2OC2C1C(=O)[O-]. The van der Waals surface area contributed by atoms with Gasteiger partial charge in [0.15, 0.2) is 0 Å². The number of carbonyl (C=O) groups is 2. The molecule has 5 heteroatoms. The van der Waals surface area contributed by atoms with Crippen molar-refractivity contribution < 1.29 is 24.5 Å². The highest BCUT2D eigenvalue weighted by Crippen LogP contribution is 2.43. The van der Waals surface area contributed by atoms with E-state index in [-0.39, 0.29) is 6.10 Å². The number of carbonyl (C=O) groups excluding carboxylic acids is 2. The molecular formula is C8H8O5-2. The lowest BCUT2D eigenvalue weighted by atomic mass is 9.79. The quantitative estimate of drug-likeness (QED) is 0.435. The monoisotopic (exact) mass is 184 g/mol. The maximum Gasteiger partial charge on any atom is 0.0928 e. The average Bonchev–Trinajstić information content (AvgIpc) is 2.79. The molecule has 1 heterocycles. The molecule has 0 aromatic carbocycles. The van der Waals surface area contributed by atoms with Gasteiger partial charge in [0.05, 0.1) is 12.2 Å². The van der Waals surface area contributed by atoms with Crippen LogP contribution in [0.2, 0.25) is 0 Å². The Balaban J connectivity index is 2.16. The summed E-state index contributed by atoms with van der Waals surface area (Å²) in [4.78, 5) is 21.2. The summed E-state index contributed by atoms with van der Waals surface area (Å²) in [6, 6.07) is 0. The number of hydrogen-bond acceptors (Lipinski definition) is 5. The molecule has 0 N–H and O–H groups in total. The molecule has 1 aliphatic heterocycles. The predicted molar refractivity (Wildman–Crippen MR) is 34.9 cm³/mol.